The summed E-state index contributed by atoms with van der Waals surface area (Å²) in [7, 11) is 0. The molecule has 0 saturated heterocycles. The van der Waals surface area contributed by atoms with E-state index in [-0.39, 0.29) is 5.91 Å². The van der Waals surface area contributed by atoms with Crippen LogP contribution in [-0.4, -0.2) is 10.9 Å². The smallest absolute Gasteiger partial charge is 0.256 e. The lowest BCUT2D eigenvalue weighted by atomic mass is 10.0. The van der Waals surface area contributed by atoms with Crippen LogP contribution in [0.5, 0.6) is 0 Å². The molecule has 2 aromatic heterocycles. The fraction of sp³-hybridized carbons (Fsp3) is 0.167. The van der Waals surface area contributed by atoms with E-state index in [1.807, 2.05) is 42.5 Å². The quantitative estimate of drug-likeness (QED) is 0.478. The number of para-hydroxylation sites is 2. The lowest BCUT2D eigenvalue weighted by molar-refractivity contribution is 0.102. The summed E-state index contributed by atoms with van der Waals surface area (Å²) in [4.78, 5) is 18.0. The largest absolute Gasteiger partial charge is 0.463 e. The van der Waals surface area contributed by atoms with Gasteiger partial charge in [-0.25, -0.2) is 4.98 Å². The number of nitrogens with zero attached hydrogens (tertiary/aromatic N) is 1. The van der Waals surface area contributed by atoms with Crippen molar-refractivity contribution >= 4 is 22.5 Å². The zero-order valence-corrected chi connectivity index (χ0v) is 16.0. The van der Waals surface area contributed by atoms with Gasteiger partial charge in [0.15, 0.2) is 5.76 Å². The Hall–Kier alpha value is -3.40. The number of aryl methyl sites for hydroxylation is 2. The van der Waals surface area contributed by atoms with Crippen molar-refractivity contribution in [1.82, 2.24) is 4.98 Å². The summed E-state index contributed by atoms with van der Waals surface area (Å²) in [5.41, 5.74) is 5.19. The number of aromatic nitrogens is 1. The molecule has 2 aromatic carbocycles. The van der Waals surface area contributed by atoms with Gasteiger partial charge in [-0.05, 0) is 48.2 Å². The maximum Gasteiger partial charge on any atom is 0.256 e. The van der Waals surface area contributed by atoms with E-state index in [0.29, 0.717) is 17.0 Å². The average Bonchev–Trinajstić information content (AvgIpc) is 3.28. The molecule has 0 unspecified atom stereocenters. The SMILES string of the molecule is CCc1cccc(CC)c1NC(=O)c1cc(-c2ccco2)nc2ccccc12. The summed E-state index contributed by atoms with van der Waals surface area (Å²) >= 11 is 0. The van der Waals surface area contributed by atoms with Crippen molar-refractivity contribution in [3.05, 3.63) is 83.6 Å². The molecule has 0 fully saturated rings. The maximum absolute atomic E-state index is 13.3. The minimum Gasteiger partial charge on any atom is -0.463 e. The highest BCUT2D eigenvalue weighted by molar-refractivity contribution is 6.13. The third kappa shape index (κ3) is 3.29. The molecule has 0 aliphatic carbocycles. The number of hydrogen-bond donors (Lipinski definition) is 1. The van der Waals surface area contributed by atoms with Gasteiger partial charge in [-0.15, -0.1) is 0 Å². The van der Waals surface area contributed by atoms with E-state index in [9.17, 15) is 4.79 Å². The minimum atomic E-state index is -0.137. The van der Waals surface area contributed by atoms with E-state index in [2.05, 4.69) is 36.3 Å². The molecule has 0 aliphatic rings. The van der Waals surface area contributed by atoms with Crippen molar-refractivity contribution < 1.29 is 9.21 Å². The molecule has 4 heteroatoms. The average molecular weight is 370 g/mol. The van der Waals surface area contributed by atoms with Gasteiger partial charge in [0.25, 0.3) is 5.91 Å². The summed E-state index contributed by atoms with van der Waals surface area (Å²) in [5.74, 6) is 0.505. The van der Waals surface area contributed by atoms with Crippen LogP contribution in [0, 0.1) is 0 Å². The number of benzene rings is 2. The molecule has 2 heterocycles. The topological polar surface area (TPSA) is 55.1 Å². The van der Waals surface area contributed by atoms with Crippen molar-refractivity contribution in [2.45, 2.75) is 26.7 Å². The zero-order valence-electron chi connectivity index (χ0n) is 16.0. The van der Waals surface area contributed by atoms with Gasteiger partial charge >= 0.3 is 0 Å². The van der Waals surface area contributed by atoms with Crippen LogP contribution in [-0.2, 0) is 12.8 Å². The highest BCUT2D eigenvalue weighted by Gasteiger charge is 2.17. The van der Waals surface area contributed by atoms with Crippen LogP contribution in [0.15, 0.2) is 71.3 Å². The van der Waals surface area contributed by atoms with Gasteiger partial charge < -0.3 is 9.73 Å². The summed E-state index contributed by atoms with van der Waals surface area (Å²) < 4.78 is 5.50. The molecule has 0 aliphatic heterocycles. The zero-order chi connectivity index (χ0) is 19.5. The minimum absolute atomic E-state index is 0.137. The first-order chi connectivity index (χ1) is 13.7. The Morgan fingerprint density at radius 1 is 0.964 bits per heavy atom. The highest BCUT2D eigenvalue weighted by Crippen LogP contribution is 2.28. The van der Waals surface area contributed by atoms with E-state index >= 15 is 0 Å². The predicted molar refractivity (Wildman–Crippen MR) is 113 cm³/mol. The first kappa shape index (κ1) is 18.0. The molecule has 1 amide bonds. The number of pyridine rings is 1. The number of fused-ring (bicyclic) bond motifs is 1. The third-order valence-electron chi connectivity index (χ3n) is 4.97. The van der Waals surface area contributed by atoms with Crippen LogP contribution in [0.3, 0.4) is 0 Å². The number of carbonyl (C=O) groups excluding carboxylic acids is 1. The van der Waals surface area contributed by atoms with Gasteiger partial charge in [-0.3, -0.25) is 4.79 Å². The van der Waals surface area contributed by atoms with Crippen molar-refractivity contribution in [2.75, 3.05) is 5.32 Å². The molecular formula is C24H22N2O2. The van der Waals surface area contributed by atoms with Gasteiger partial charge in [-0.1, -0.05) is 50.2 Å². The summed E-state index contributed by atoms with van der Waals surface area (Å²) in [6.45, 7) is 4.20. The molecule has 0 atom stereocenters. The van der Waals surface area contributed by atoms with E-state index in [1.165, 1.54) is 0 Å². The Kier molecular flexibility index (Phi) is 4.94. The highest BCUT2D eigenvalue weighted by atomic mass is 16.3. The van der Waals surface area contributed by atoms with Crippen LogP contribution in [0.4, 0.5) is 5.69 Å². The first-order valence-corrected chi connectivity index (χ1v) is 9.57. The molecule has 0 spiro atoms. The van der Waals surface area contributed by atoms with Crippen molar-refractivity contribution in [3.63, 3.8) is 0 Å². The molecule has 4 aromatic rings. The molecular weight excluding hydrogens is 348 g/mol. The number of rotatable bonds is 5. The molecule has 0 radical (unpaired) electrons. The van der Waals surface area contributed by atoms with Gasteiger partial charge in [0.05, 0.1) is 17.3 Å². The van der Waals surface area contributed by atoms with Crippen LogP contribution in [0.2, 0.25) is 0 Å². The van der Waals surface area contributed by atoms with Gasteiger partial charge in [0.1, 0.15) is 5.69 Å². The number of carbonyl (C=O) groups is 1. The lowest BCUT2D eigenvalue weighted by Crippen LogP contribution is -2.15. The van der Waals surface area contributed by atoms with E-state index < -0.39 is 0 Å². The number of anilines is 1. The molecule has 1 N–H and O–H groups in total. The van der Waals surface area contributed by atoms with Gasteiger partial charge in [0.2, 0.25) is 0 Å². The summed E-state index contributed by atoms with van der Waals surface area (Å²) in [6.07, 6.45) is 3.33. The van der Waals surface area contributed by atoms with E-state index in [0.717, 1.165) is 40.6 Å². The summed E-state index contributed by atoms with van der Waals surface area (Å²) in [5, 5.41) is 3.99. The Balaban J connectivity index is 1.82. The Bertz CT molecular complexity index is 1110. The Labute approximate surface area is 164 Å². The van der Waals surface area contributed by atoms with Crippen molar-refractivity contribution in [2.24, 2.45) is 0 Å². The Morgan fingerprint density at radius 2 is 1.71 bits per heavy atom. The first-order valence-electron chi connectivity index (χ1n) is 9.57. The number of nitrogens with one attached hydrogen (secondary N) is 1. The molecule has 0 bridgehead atoms. The van der Waals surface area contributed by atoms with Crippen LogP contribution in [0.1, 0.15) is 35.3 Å². The fourth-order valence-corrected chi connectivity index (χ4v) is 3.50. The fourth-order valence-electron chi connectivity index (χ4n) is 3.50. The van der Waals surface area contributed by atoms with E-state index in [4.69, 9.17) is 4.42 Å². The molecule has 4 nitrogen and oxygen atoms in total. The monoisotopic (exact) mass is 370 g/mol. The maximum atomic E-state index is 13.3. The van der Waals surface area contributed by atoms with E-state index in [1.54, 1.807) is 12.3 Å². The normalized spacial score (nSPS) is 10.9. The second-order valence-corrected chi connectivity index (χ2v) is 6.66. The molecule has 28 heavy (non-hydrogen) atoms. The molecule has 140 valence electrons. The number of furan rings is 1. The van der Waals surface area contributed by atoms with Crippen molar-refractivity contribution in [3.8, 4) is 11.5 Å². The van der Waals surface area contributed by atoms with Crippen LogP contribution >= 0.6 is 0 Å². The van der Waals surface area contributed by atoms with Gasteiger partial charge in [0, 0.05) is 11.1 Å². The van der Waals surface area contributed by atoms with Crippen molar-refractivity contribution in [1.29, 1.82) is 0 Å². The van der Waals surface area contributed by atoms with Gasteiger partial charge in [-0.2, -0.15) is 0 Å². The molecule has 0 saturated carbocycles. The number of hydrogen-bond acceptors (Lipinski definition) is 3. The third-order valence-corrected chi connectivity index (χ3v) is 4.97. The second-order valence-electron chi connectivity index (χ2n) is 6.66. The standard InChI is InChI=1S/C24H22N2O2/c1-3-16-9-7-10-17(4-2)23(16)26-24(27)19-15-21(22-13-8-14-28-22)25-20-12-6-5-11-18(19)20/h5-15H,3-4H2,1-2H3,(H,26,27). The lowest BCUT2D eigenvalue weighted by Gasteiger charge is -2.15. The Morgan fingerprint density at radius 3 is 2.39 bits per heavy atom. The predicted octanol–water partition coefficient (Wildman–Crippen LogP) is 5.87. The second kappa shape index (κ2) is 7.69. The summed E-state index contributed by atoms with van der Waals surface area (Å²) in [6, 6.07) is 19.3. The molecule has 4 rings (SSSR count). The van der Waals surface area contributed by atoms with Crippen LogP contribution in [0.25, 0.3) is 22.4 Å². The van der Waals surface area contributed by atoms with Crippen LogP contribution < -0.4 is 5.32 Å². The number of amides is 1.